The molecule has 84 valence electrons. The first-order valence-electron chi connectivity index (χ1n) is 4.59. The quantitative estimate of drug-likeness (QED) is 0.812. The molecule has 1 aromatic heterocycles. The number of hydrogen-bond donors (Lipinski definition) is 1. The van der Waals surface area contributed by atoms with Crippen LogP contribution in [0.3, 0.4) is 0 Å². The average molecular weight is 228 g/mol. The fourth-order valence-corrected chi connectivity index (χ4v) is 1.64. The molecule has 0 atom stereocenters. The summed E-state index contributed by atoms with van der Waals surface area (Å²) in [4.78, 5) is 13.5. The van der Waals surface area contributed by atoms with Crippen LogP contribution in [-0.2, 0) is 7.05 Å². The Labute approximate surface area is 93.6 Å². The number of nitrogens with zero attached hydrogens (tertiary/aromatic N) is 3. The smallest absolute Gasteiger partial charge is 0.276 e. The Balaban J connectivity index is 2.71. The van der Waals surface area contributed by atoms with E-state index in [2.05, 4.69) is 5.10 Å². The molecule has 15 heavy (non-hydrogen) atoms. The standard InChI is InChI=1S/C9H16N4OS/c1-12(4-5-15-3)9(14)8-7(10)6-13(2)11-8/h6H,4-5,10H2,1-3H3. The first kappa shape index (κ1) is 11.9. The summed E-state index contributed by atoms with van der Waals surface area (Å²) >= 11 is 1.70. The largest absolute Gasteiger partial charge is 0.396 e. The fraction of sp³-hybridized carbons (Fsp3) is 0.556. The zero-order chi connectivity index (χ0) is 11.4. The van der Waals surface area contributed by atoms with E-state index < -0.39 is 0 Å². The summed E-state index contributed by atoms with van der Waals surface area (Å²) in [7, 11) is 3.50. The number of hydrogen-bond acceptors (Lipinski definition) is 4. The van der Waals surface area contributed by atoms with Gasteiger partial charge in [-0.1, -0.05) is 0 Å². The van der Waals surface area contributed by atoms with E-state index in [1.165, 1.54) is 0 Å². The molecular formula is C9H16N4OS. The molecule has 0 saturated carbocycles. The lowest BCUT2D eigenvalue weighted by Gasteiger charge is -2.15. The fourth-order valence-electron chi connectivity index (χ4n) is 1.18. The van der Waals surface area contributed by atoms with Crippen molar-refractivity contribution in [2.75, 3.05) is 31.3 Å². The molecule has 0 aliphatic heterocycles. The van der Waals surface area contributed by atoms with Gasteiger partial charge >= 0.3 is 0 Å². The summed E-state index contributed by atoms with van der Waals surface area (Å²) in [5, 5.41) is 4.03. The molecule has 5 nitrogen and oxygen atoms in total. The van der Waals surface area contributed by atoms with E-state index >= 15 is 0 Å². The first-order chi connectivity index (χ1) is 7.06. The van der Waals surface area contributed by atoms with E-state index in [0.29, 0.717) is 17.9 Å². The van der Waals surface area contributed by atoms with Crippen molar-refractivity contribution in [2.45, 2.75) is 0 Å². The van der Waals surface area contributed by atoms with E-state index in [4.69, 9.17) is 5.73 Å². The lowest BCUT2D eigenvalue weighted by Crippen LogP contribution is -2.29. The molecule has 0 saturated heterocycles. The highest BCUT2D eigenvalue weighted by Gasteiger charge is 2.17. The van der Waals surface area contributed by atoms with Gasteiger partial charge in [-0.3, -0.25) is 9.48 Å². The monoisotopic (exact) mass is 228 g/mol. The van der Waals surface area contributed by atoms with Gasteiger partial charge in [0.25, 0.3) is 5.91 Å². The summed E-state index contributed by atoms with van der Waals surface area (Å²) in [5.74, 6) is 0.789. The van der Waals surface area contributed by atoms with Gasteiger partial charge in [-0.05, 0) is 6.26 Å². The average Bonchev–Trinajstić information content (AvgIpc) is 2.53. The molecule has 0 radical (unpaired) electrons. The number of nitrogens with two attached hydrogens (primary N) is 1. The van der Waals surface area contributed by atoms with Gasteiger partial charge in [0.15, 0.2) is 5.69 Å². The van der Waals surface area contributed by atoms with Crippen LogP contribution < -0.4 is 5.73 Å². The highest BCUT2D eigenvalue weighted by Crippen LogP contribution is 2.10. The SMILES string of the molecule is CSCCN(C)C(=O)c1nn(C)cc1N. The van der Waals surface area contributed by atoms with Crippen LogP contribution in [0.2, 0.25) is 0 Å². The number of nitrogen functional groups attached to an aromatic ring is 1. The Morgan fingerprint density at radius 1 is 1.73 bits per heavy atom. The van der Waals surface area contributed by atoms with Gasteiger partial charge in [-0.25, -0.2) is 0 Å². The Morgan fingerprint density at radius 3 is 2.87 bits per heavy atom. The van der Waals surface area contributed by atoms with E-state index in [1.807, 2.05) is 6.26 Å². The number of thioether (sulfide) groups is 1. The molecular weight excluding hydrogens is 212 g/mol. The minimum atomic E-state index is -0.123. The number of carbonyl (C=O) groups is 1. The number of amides is 1. The van der Waals surface area contributed by atoms with E-state index in [1.54, 1.807) is 41.6 Å². The number of rotatable bonds is 4. The molecule has 0 aliphatic rings. The molecule has 0 spiro atoms. The molecule has 1 heterocycles. The van der Waals surface area contributed by atoms with E-state index in [0.717, 1.165) is 5.75 Å². The summed E-state index contributed by atoms with van der Waals surface area (Å²) < 4.78 is 1.55. The highest BCUT2D eigenvalue weighted by molar-refractivity contribution is 7.98. The molecule has 1 rings (SSSR count). The summed E-state index contributed by atoms with van der Waals surface area (Å²) in [6.45, 7) is 0.704. The number of aryl methyl sites for hydroxylation is 1. The van der Waals surface area contributed by atoms with Gasteiger partial charge in [0.05, 0.1) is 5.69 Å². The lowest BCUT2D eigenvalue weighted by molar-refractivity contribution is 0.0798. The van der Waals surface area contributed by atoms with Crippen molar-refractivity contribution in [3.63, 3.8) is 0 Å². The second-order valence-electron chi connectivity index (χ2n) is 3.33. The predicted molar refractivity (Wildman–Crippen MR) is 63.0 cm³/mol. The molecule has 0 aromatic carbocycles. The summed E-state index contributed by atoms with van der Waals surface area (Å²) in [5.41, 5.74) is 6.44. The van der Waals surface area contributed by atoms with Gasteiger partial charge in [0, 0.05) is 32.6 Å². The molecule has 0 aliphatic carbocycles. The maximum atomic E-state index is 11.8. The van der Waals surface area contributed by atoms with Gasteiger partial charge in [-0.15, -0.1) is 0 Å². The number of anilines is 1. The van der Waals surface area contributed by atoms with Crippen LogP contribution in [0.25, 0.3) is 0 Å². The Morgan fingerprint density at radius 2 is 2.40 bits per heavy atom. The molecule has 1 aromatic rings. The molecule has 0 bridgehead atoms. The van der Waals surface area contributed by atoms with Gasteiger partial charge < -0.3 is 10.6 Å². The predicted octanol–water partition coefficient (Wildman–Crippen LogP) is 0.437. The minimum Gasteiger partial charge on any atom is -0.396 e. The van der Waals surface area contributed by atoms with Crippen molar-refractivity contribution < 1.29 is 4.79 Å². The molecule has 0 fully saturated rings. The van der Waals surface area contributed by atoms with Crippen molar-refractivity contribution >= 4 is 23.4 Å². The third-order valence-electron chi connectivity index (χ3n) is 2.04. The van der Waals surface area contributed by atoms with Crippen molar-refractivity contribution in [3.8, 4) is 0 Å². The molecule has 6 heteroatoms. The zero-order valence-corrected chi connectivity index (χ0v) is 10.0. The number of aromatic nitrogens is 2. The van der Waals surface area contributed by atoms with Crippen LogP contribution in [-0.4, -0.2) is 46.2 Å². The number of carbonyl (C=O) groups excluding carboxylic acids is 1. The zero-order valence-electron chi connectivity index (χ0n) is 9.23. The molecule has 1 amide bonds. The topological polar surface area (TPSA) is 64.2 Å². The molecule has 2 N–H and O–H groups in total. The van der Waals surface area contributed by atoms with Crippen LogP contribution >= 0.6 is 11.8 Å². The summed E-state index contributed by atoms with van der Waals surface area (Å²) in [6.07, 6.45) is 3.64. The highest BCUT2D eigenvalue weighted by atomic mass is 32.2. The Bertz CT molecular complexity index is 350. The van der Waals surface area contributed by atoms with Crippen molar-refractivity contribution in [1.29, 1.82) is 0 Å². The van der Waals surface area contributed by atoms with Crippen LogP contribution in [0.15, 0.2) is 6.20 Å². The van der Waals surface area contributed by atoms with Crippen molar-refractivity contribution in [2.24, 2.45) is 7.05 Å². The van der Waals surface area contributed by atoms with E-state index in [9.17, 15) is 4.79 Å². The first-order valence-corrected chi connectivity index (χ1v) is 5.99. The van der Waals surface area contributed by atoms with Crippen LogP contribution in [0.1, 0.15) is 10.5 Å². The lowest BCUT2D eigenvalue weighted by atomic mass is 10.3. The second kappa shape index (κ2) is 5.06. The van der Waals surface area contributed by atoms with Crippen LogP contribution in [0.4, 0.5) is 5.69 Å². The van der Waals surface area contributed by atoms with Crippen molar-refractivity contribution in [1.82, 2.24) is 14.7 Å². The Kier molecular flexibility index (Phi) is 4.02. The van der Waals surface area contributed by atoms with Crippen LogP contribution in [0, 0.1) is 0 Å². The maximum Gasteiger partial charge on any atom is 0.276 e. The van der Waals surface area contributed by atoms with Gasteiger partial charge in [-0.2, -0.15) is 16.9 Å². The van der Waals surface area contributed by atoms with Crippen LogP contribution in [0.5, 0.6) is 0 Å². The maximum absolute atomic E-state index is 11.8. The normalized spacial score (nSPS) is 10.3. The minimum absolute atomic E-state index is 0.123. The van der Waals surface area contributed by atoms with E-state index in [-0.39, 0.29) is 5.91 Å². The van der Waals surface area contributed by atoms with Gasteiger partial charge in [0.1, 0.15) is 0 Å². The second-order valence-corrected chi connectivity index (χ2v) is 4.31. The Hall–Kier alpha value is -1.17. The van der Waals surface area contributed by atoms with Gasteiger partial charge in [0.2, 0.25) is 0 Å². The summed E-state index contributed by atoms with van der Waals surface area (Å²) in [6, 6.07) is 0. The van der Waals surface area contributed by atoms with Crippen molar-refractivity contribution in [3.05, 3.63) is 11.9 Å². The third-order valence-corrected chi connectivity index (χ3v) is 2.63. The third kappa shape index (κ3) is 2.89. The molecule has 0 unspecified atom stereocenters.